The summed E-state index contributed by atoms with van der Waals surface area (Å²) < 4.78 is 19.6. The molecule has 0 amide bonds. The molecule has 0 bridgehead atoms. The number of nitrogens with two attached hydrogens (primary N) is 1. The van der Waals surface area contributed by atoms with E-state index in [1.807, 2.05) is 25.1 Å². The van der Waals surface area contributed by atoms with Crippen molar-refractivity contribution in [2.45, 2.75) is 19.4 Å². The van der Waals surface area contributed by atoms with Gasteiger partial charge in [-0.15, -0.1) is 0 Å². The molecule has 112 valence electrons. The van der Waals surface area contributed by atoms with E-state index < -0.39 is 0 Å². The second-order valence-electron chi connectivity index (χ2n) is 4.89. The number of rotatable bonds is 5. The van der Waals surface area contributed by atoms with Crippen molar-refractivity contribution >= 4 is 15.9 Å². The molecule has 0 fully saturated rings. The zero-order chi connectivity index (χ0) is 15.4. The molecule has 0 aliphatic carbocycles. The van der Waals surface area contributed by atoms with Crippen molar-refractivity contribution in [3.05, 3.63) is 63.4 Å². The van der Waals surface area contributed by atoms with Crippen molar-refractivity contribution < 1.29 is 9.13 Å². The lowest BCUT2D eigenvalue weighted by Gasteiger charge is -2.19. The molecule has 3 N–H and O–H groups in total. The number of nitrogens with one attached hydrogen (secondary N) is 1. The van der Waals surface area contributed by atoms with Gasteiger partial charge in [0.2, 0.25) is 0 Å². The third-order valence-electron chi connectivity index (χ3n) is 3.47. The van der Waals surface area contributed by atoms with E-state index in [0.29, 0.717) is 6.42 Å². The van der Waals surface area contributed by atoms with Gasteiger partial charge in [-0.2, -0.15) is 0 Å². The van der Waals surface area contributed by atoms with Gasteiger partial charge in [0.05, 0.1) is 17.6 Å². The standard InChI is InChI=1S/C16H18BrFN2O/c1-10-3-5-12(18)9-13(10)15(20-19)8-11-4-6-16(21-2)14(17)7-11/h3-7,9,15,20H,8,19H2,1-2H3. The van der Waals surface area contributed by atoms with Gasteiger partial charge >= 0.3 is 0 Å². The molecule has 1 unspecified atom stereocenters. The van der Waals surface area contributed by atoms with Crippen molar-refractivity contribution in [3.63, 3.8) is 0 Å². The number of hydrogen-bond donors (Lipinski definition) is 2. The fraction of sp³-hybridized carbons (Fsp3) is 0.250. The van der Waals surface area contributed by atoms with Crippen LogP contribution in [0.3, 0.4) is 0 Å². The Morgan fingerprint density at radius 1 is 1.29 bits per heavy atom. The summed E-state index contributed by atoms with van der Waals surface area (Å²) >= 11 is 3.46. The second kappa shape index (κ2) is 7.02. The van der Waals surface area contributed by atoms with E-state index in [1.54, 1.807) is 13.2 Å². The maximum Gasteiger partial charge on any atom is 0.133 e. The minimum atomic E-state index is -0.258. The summed E-state index contributed by atoms with van der Waals surface area (Å²) in [5, 5.41) is 0. The first-order valence-corrected chi connectivity index (χ1v) is 7.39. The van der Waals surface area contributed by atoms with Gasteiger partial charge in [-0.1, -0.05) is 12.1 Å². The first kappa shape index (κ1) is 15.9. The predicted molar refractivity (Wildman–Crippen MR) is 85.6 cm³/mol. The van der Waals surface area contributed by atoms with Crippen molar-refractivity contribution in [2.75, 3.05) is 7.11 Å². The summed E-state index contributed by atoms with van der Waals surface area (Å²) in [6.07, 6.45) is 0.656. The normalized spacial score (nSPS) is 12.2. The van der Waals surface area contributed by atoms with Gasteiger partial charge in [0.15, 0.2) is 0 Å². The molecule has 5 heteroatoms. The Labute approximate surface area is 132 Å². The Morgan fingerprint density at radius 2 is 2.05 bits per heavy atom. The van der Waals surface area contributed by atoms with Gasteiger partial charge in [0.1, 0.15) is 11.6 Å². The maximum absolute atomic E-state index is 13.5. The van der Waals surface area contributed by atoms with Crippen LogP contribution in [0.15, 0.2) is 40.9 Å². The zero-order valence-corrected chi connectivity index (χ0v) is 13.6. The monoisotopic (exact) mass is 352 g/mol. The lowest BCUT2D eigenvalue weighted by molar-refractivity contribution is 0.412. The predicted octanol–water partition coefficient (Wildman–Crippen LogP) is 3.65. The molecule has 0 radical (unpaired) electrons. The highest BCUT2D eigenvalue weighted by atomic mass is 79.9. The summed E-state index contributed by atoms with van der Waals surface area (Å²) in [5.41, 5.74) is 5.72. The van der Waals surface area contributed by atoms with Crippen LogP contribution < -0.4 is 16.0 Å². The molecule has 0 aliphatic rings. The van der Waals surface area contributed by atoms with Crippen LogP contribution >= 0.6 is 15.9 Å². The maximum atomic E-state index is 13.5. The number of hydrazine groups is 1. The molecule has 2 rings (SSSR count). The van der Waals surface area contributed by atoms with Crippen LogP contribution in [-0.2, 0) is 6.42 Å². The first-order chi connectivity index (χ1) is 10.0. The molecule has 0 saturated heterocycles. The molecule has 0 aromatic heterocycles. The zero-order valence-electron chi connectivity index (χ0n) is 12.0. The van der Waals surface area contributed by atoms with Gasteiger partial charge in [0.25, 0.3) is 0 Å². The molecule has 0 saturated carbocycles. The van der Waals surface area contributed by atoms with Gasteiger partial charge in [-0.05, 0) is 70.2 Å². The van der Waals surface area contributed by atoms with Crippen LogP contribution in [0.4, 0.5) is 4.39 Å². The summed E-state index contributed by atoms with van der Waals surface area (Å²) in [6, 6.07) is 10.4. The number of hydrogen-bond acceptors (Lipinski definition) is 3. The third kappa shape index (κ3) is 3.81. The smallest absolute Gasteiger partial charge is 0.133 e. The molecular formula is C16H18BrFN2O. The molecule has 2 aromatic rings. The van der Waals surface area contributed by atoms with E-state index in [-0.39, 0.29) is 11.9 Å². The van der Waals surface area contributed by atoms with Gasteiger partial charge in [0, 0.05) is 0 Å². The van der Waals surface area contributed by atoms with E-state index >= 15 is 0 Å². The highest BCUT2D eigenvalue weighted by molar-refractivity contribution is 9.10. The molecule has 0 heterocycles. The highest BCUT2D eigenvalue weighted by Gasteiger charge is 2.14. The Morgan fingerprint density at radius 3 is 2.67 bits per heavy atom. The highest BCUT2D eigenvalue weighted by Crippen LogP contribution is 2.28. The first-order valence-electron chi connectivity index (χ1n) is 6.59. The molecule has 1 atom stereocenters. The molecule has 0 aliphatic heterocycles. The van der Waals surface area contributed by atoms with E-state index in [0.717, 1.165) is 26.9 Å². The fourth-order valence-electron chi connectivity index (χ4n) is 2.32. The van der Waals surface area contributed by atoms with E-state index in [9.17, 15) is 4.39 Å². The van der Waals surface area contributed by atoms with Crippen LogP contribution in [0.2, 0.25) is 0 Å². The number of halogens is 2. The van der Waals surface area contributed by atoms with Crippen LogP contribution in [0.1, 0.15) is 22.7 Å². The molecular weight excluding hydrogens is 335 g/mol. The minimum Gasteiger partial charge on any atom is -0.496 e. The van der Waals surface area contributed by atoms with Gasteiger partial charge in [-0.25, -0.2) is 4.39 Å². The Bertz CT molecular complexity index is 634. The lowest BCUT2D eigenvalue weighted by atomic mass is 9.95. The van der Waals surface area contributed by atoms with Crippen molar-refractivity contribution in [2.24, 2.45) is 5.84 Å². The average molecular weight is 353 g/mol. The van der Waals surface area contributed by atoms with Crippen LogP contribution in [0, 0.1) is 12.7 Å². The number of methoxy groups -OCH3 is 1. The molecule has 3 nitrogen and oxygen atoms in total. The number of benzene rings is 2. The van der Waals surface area contributed by atoms with Gasteiger partial charge in [-0.3, -0.25) is 11.3 Å². The largest absolute Gasteiger partial charge is 0.496 e. The SMILES string of the molecule is COc1ccc(CC(NN)c2cc(F)ccc2C)cc1Br. The summed E-state index contributed by atoms with van der Waals surface area (Å²) in [4.78, 5) is 0. The Kier molecular flexibility index (Phi) is 5.33. The third-order valence-corrected chi connectivity index (χ3v) is 4.09. The molecule has 0 spiro atoms. The van der Waals surface area contributed by atoms with Crippen LogP contribution in [-0.4, -0.2) is 7.11 Å². The van der Waals surface area contributed by atoms with Crippen LogP contribution in [0.25, 0.3) is 0 Å². The average Bonchev–Trinajstić information content (AvgIpc) is 2.47. The van der Waals surface area contributed by atoms with Gasteiger partial charge < -0.3 is 4.74 Å². The second-order valence-corrected chi connectivity index (χ2v) is 5.75. The topological polar surface area (TPSA) is 47.3 Å². The van der Waals surface area contributed by atoms with Crippen molar-refractivity contribution in [3.8, 4) is 5.75 Å². The van der Waals surface area contributed by atoms with E-state index in [2.05, 4.69) is 21.4 Å². The molecule has 21 heavy (non-hydrogen) atoms. The van der Waals surface area contributed by atoms with Crippen molar-refractivity contribution in [1.29, 1.82) is 0 Å². The lowest BCUT2D eigenvalue weighted by Crippen LogP contribution is -2.30. The summed E-state index contributed by atoms with van der Waals surface area (Å²) in [6.45, 7) is 1.95. The fourth-order valence-corrected chi connectivity index (χ4v) is 2.91. The Hall–Kier alpha value is -1.43. The summed E-state index contributed by atoms with van der Waals surface area (Å²) in [7, 11) is 1.63. The Balaban J connectivity index is 2.26. The summed E-state index contributed by atoms with van der Waals surface area (Å²) in [5.74, 6) is 6.18. The number of aryl methyl sites for hydroxylation is 1. The number of ether oxygens (including phenoxy) is 1. The van der Waals surface area contributed by atoms with E-state index in [1.165, 1.54) is 12.1 Å². The van der Waals surface area contributed by atoms with Crippen LogP contribution in [0.5, 0.6) is 5.75 Å². The van der Waals surface area contributed by atoms with E-state index in [4.69, 9.17) is 10.6 Å². The molecule has 2 aromatic carbocycles. The van der Waals surface area contributed by atoms with Crippen molar-refractivity contribution in [1.82, 2.24) is 5.43 Å². The minimum absolute atomic E-state index is 0.152. The quantitative estimate of drug-likeness (QED) is 0.637.